The van der Waals surface area contributed by atoms with Gasteiger partial charge in [-0.1, -0.05) is 0 Å². The molecular weight excluding hydrogens is 230 g/mol. The average molecular weight is 241 g/mol. The Bertz CT molecular complexity index is 764. The summed E-state index contributed by atoms with van der Waals surface area (Å²) < 4.78 is 10.8. The Morgan fingerprint density at radius 3 is 2.89 bits per heavy atom. The van der Waals surface area contributed by atoms with E-state index >= 15 is 0 Å². The van der Waals surface area contributed by atoms with Gasteiger partial charge in [-0.25, -0.2) is 4.98 Å². The van der Waals surface area contributed by atoms with Gasteiger partial charge < -0.3 is 14.9 Å². The van der Waals surface area contributed by atoms with Crippen LogP contribution in [0.5, 0.6) is 5.75 Å². The molecule has 5 nitrogen and oxygen atoms in total. The molecule has 1 aromatic carbocycles. The molecule has 0 bridgehead atoms. The lowest BCUT2D eigenvalue weighted by molar-refractivity contribution is 0.408. The van der Waals surface area contributed by atoms with Crippen molar-refractivity contribution in [2.45, 2.75) is 0 Å². The maximum atomic E-state index is 7.77. The van der Waals surface area contributed by atoms with Crippen molar-refractivity contribution in [2.75, 3.05) is 12.8 Å². The predicted octanol–water partition coefficient (Wildman–Crippen LogP) is 2.00. The van der Waals surface area contributed by atoms with Crippen molar-refractivity contribution in [2.24, 2.45) is 0 Å². The van der Waals surface area contributed by atoms with E-state index in [0.717, 1.165) is 5.52 Å². The maximum absolute atomic E-state index is 7.77. The number of nitrogens with zero attached hydrogens (tertiary/aromatic N) is 1. The Hall–Kier alpha value is -2.56. The summed E-state index contributed by atoms with van der Waals surface area (Å²) in [7, 11) is 1.53. The number of nitrogens with two attached hydrogens (primary N) is 1. The third kappa shape index (κ3) is 1.57. The topological polar surface area (TPSA) is 85.1 Å². The van der Waals surface area contributed by atoms with E-state index in [4.69, 9.17) is 20.3 Å². The first-order chi connectivity index (χ1) is 8.67. The molecule has 1 heterocycles. The Balaban J connectivity index is 2.39. The largest absolute Gasteiger partial charge is 0.494 e. The van der Waals surface area contributed by atoms with E-state index in [0.29, 0.717) is 28.5 Å². The highest BCUT2D eigenvalue weighted by molar-refractivity contribution is 5.79. The second-order valence-electron chi connectivity index (χ2n) is 3.96. The molecular formula is C13H11N3O2. The van der Waals surface area contributed by atoms with Crippen LogP contribution in [0.3, 0.4) is 0 Å². The Morgan fingerprint density at radius 2 is 2.11 bits per heavy atom. The van der Waals surface area contributed by atoms with Gasteiger partial charge in [-0.2, -0.15) is 0 Å². The SMILES string of the molecule is COc1cc2nc3ccc(N)cc3oc-2cc1=N. The van der Waals surface area contributed by atoms with Crippen molar-refractivity contribution in [3.05, 3.63) is 35.7 Å². The van der Waals surface area contributed by atoms with Crippen molar-refractivity contribution in [1.29, 1.82) is 5.41 Å². The number of rotatable bonds is 1. The monoisotopic (exact) mass is 241 g/mol. The van der Waals surface area contributed by atoms with Gasteiger partial charge in [-0.3, -0.25) is 5.41 Å². The molecule has 1 aromatic rings. The molecule has 90 valence electrons. The van der Waals surface area contributed by atoms with E-state index < -0.39 is 0 Å². The fourth-order valence-corrected chi connectivity index (χ4v) is 1.84. The Morgan fingerprint density at radius 1 is 1.28 bits per heavy atom. The predicted molar refractivity (Wildman–Crippen MR) is 67.5 cm³/mol. The Kier molecular flexibility index (Phi) is 2.19. The summed E-state index contributed by atoms with van der Waals surface area (Å²) in [6, 6.07) is 8.57. The molecule has 3 rings (SSSR count). The average Bonchev–Trinajstić information content (AvgIpc) is 2.35. The van der Waals surface area contributed by atoms with Gasteiger partial charge in [0.15, 0.2) is 11.3 Å². The van der Waals surface area contributed by atoms with E-state index in [1.54, 1.807) is 30.3 Å². The number of methoxy groups -OCH3 is 1. The first-order valence-corrected chi connectivity index (χ1v) is 5.40. The molecule has 0 unspecified atom stereocenters. The van der Waals surface area contributed by atoms with Crippen LogP contribution >= 0.6 is 0 Å². The van der Waals surface area contributed by atoms with E-state index in [9.17, 15) is 0 Å². The van der Waals surface area contributed by atoms with Crippen molar-refractivity contribution in [3.8, 4) is 17.2 Å². The summed E-state index contributed by atoms with van der Waals surface area (Å²) in [4.78, 5) is 4.46. The zero-order chi connectivity index (χ0) is 12.7. The number of fused-ring (bicyclic) bond motifs is 2. The van der Waals surface area contributed by atoms with Crippen LogP contribution in [-0.2, 0) is 0 Å². The smallest absolute Gasteiger partial charge is 0.155 e. The highest BCUT2D eigenvalue weighted by Gasteiger charge is 2.11. The molecule has 1 aliphatic heterocycles. The van der Waals surface area contributed by atoms with Gasteiger partial charge in [-0.15, -0.1) is 0 Å². The number of nitrogen functional groups attached to an aromatic ring is 1. The molecule has 5 heteroatoms. The molecule has 0 spiro atoms. The van der Waals surface area contributed by atoms with Crippen LogP contribution < -0.4 is 15.8 Å². The summed E-state index contributed by atoms with van der Waals surface area (Å²) in [6.07, 6.45) is 0. The van der Waals surface area contributed by atoms with Crippen LogP contribution in [0.15, 0.2) is 34.7 Å². The zero-order valence-corrected chi connectivity index (χ0v) is 9.73. The standard InChI is InChI=1S/C13H11N3O2/c1-17-11-6-10-13(5-8(11)15)18-12-4-7(14)2-3-9(12)16-10/h2-6,15H,14H2,1H3. The zero-order valence-electron chi connectivity index (χ0n) is 9.73. The van der Waals surface area contributed by atoms with Crippen LogP contribution in [0.4, 0.5) is 5.69 Å². The summed E-state index contributed by atoms with van der Waals surface area (Å²) in [6.45, 7) is 0. The van der Waals surface area contributed by atoms with Gasteiger partial charge in [0.05, 0.1) is 12.5 Å². The lowest BCUT2D eigenvalue weighted by Gasteiger charge is -2.08. The van der Waals surface area contributed by atoms with Crippen LogP contribution in [-0.4, -0.2) is 12.1 Å². The van der Waals surface area contributed by atoms with Crippen LogP contribution in [0, 0.1) is 5.41 Å². The first kappa shape index (κ1) is 10.6. The van der Waals surface area contributed by atoms with Crippen LogP contribution in [0.25, 0.3) is 22.6 Å². The van der Waals surface area contributed by atoms with Gasteiger partial charge >= 0.3 is 0 Å². The van der Waals surface area contributed by atoms with Crippen LogP contribution in [0.2, 0.25) is 0 Å². The summed E-state index contributed by atoms with van der Waals surface area (Å²) in [5.41, 5.74) is 8.29. The molecule has 0 aromatic heterocycles. The minimum atomic E-state index is 0.263. The quantitative estimate of drug-likeness (QED) is 0.504. The summed E-state index contributed by atoms with van der Waals surface area (Å²) in [5.74, 6) is 1.01. The third-order valence-electron chi connectivity index (χ3n) is 2.73. The van der Waals surface area contributed by atoms with Crippen molar-refractivity contribution < 1.29 is 9.15 Å². The van der Waals surface area contributed by atoms with E-state index in [1.807, 2.05) is 0 Å². The minimum absolute atomic E-state index is 0.263. The van der Waals surface area contributed by atoms with Crippen molar-refractivity contribution >= 4 is 16.8 Å². The van der Waals surface area contributed by atoms with Crippen molar-refractivity contribution in [3.63, 3.8) is 0 Å². The van der Waals surface area contributed by atoms with Crippen molar-refractivity contribution in [1.82, 2.24) is 4.98 Å². The van der Waals surface area contributed by atoms with Gasteiger partial charge in [0, 0.05) is 23.9 Å². The summed E-state index contributed by atoms with van der Waals surface area (Å²) in [5, 5.41) is 8.03. The molecule has 1 aliphatic carbocycles. The molecule has 2 aliphatic rings. The first-order valence-electron chi connectivity index (χ1n) is 5.40. The number of ether oxygens (including phenoxy) is 1. The Labute approximate surface area is 103 Å². The van der Waals surface area contributed by atoms with E-state index in [-0.39, 0.29) is 5.36 Å². The molecule has 0 radical (unpaired) electrons. The molecule has 0 amide bonds. The van der Waals surface area contributed by atoms with E-state index in [2.05, 4.69) is 4.98 Å². The highest BCUT2D eigenvalue weighted by Crippen LogP contribution is 2.26. The molecule has 0 saturated heterocycles. The second-order valence-corrected chi connectivity index (χ2v) is 3.96. The third-order valence-corrected chi connectivity index (χ3v) is 2.73. The molecule has 3 N–H and O–H groups in total. The van der Waals surface area contributed by atoms with Gasteiger partial charge in [-0.05, 0) is 12.1 Å². The number of hydrogen-bond donors (Lipinski definition) is 2. The summed E-state index contributed by atoms with van der Waals surface area (Å²) >= 11 is 0. The minimum Gasteiger partial charge on any atom is -0.494 e. The fraction of sp³-hybridized carbons (Fsp3) is 0.0769. The molecule has 0 fully saturated rings. The second kappa shape index (κ2) is 3.73. The van der Waals surface area contributed by atoms with Gasteiger partial charge in [0.2, 0.25) is 0 Å². The molecule has 0 atom stereocenters. The normalized spacial score (nSPS) is 10.9. The molecule has 0 saturated carbocycles. The lowest BCUT2D eigenvalue weighted by atomic mass is 10.2. The van der Waals surface area contributed by atoms with E-state index in [1.165, 1.54) is 7.11 Å². The highest BCUT2D eigenvalue weighted by atomic mass is 16.5. The van der Waals surface area contributed by atoms with Crippen LogP contribution in [0.1, 0.15) is 0 Å². The number of aromatic nitrogens is 1. The number of hydrogen-bond acceptors (Lipinski definition) is 5. The number of anilines is 1. The van der Waals surface area contributed by atoms with Gasteiger partial charge in [0.25, 0.3) is 0 Å². The van der Waals surface area contributed by atoms with Gasteiger partial charge in [0.1, 0.15) is 17.0 Å². The lowest BCUT2D eigenvalue weighted by Crippen LogP contribution is -2.06. The number of nitrogens with one attached hydrogen (secondary N) is 1. The fourth-order valence-electron chi connectivity index (χ4n) is 1.84. The maximum Gasteiger partial charge on any atom is 0.155 e. The molecule has 18 heavy (non-hydrogen) atoms. The number of benzene rings is 2.